The van der Waals surface area contributed by atoms with Crippen LogP contribution < -0.4 is 11.0 Å². The van der Waals surface area contributed by atoms with Gasteiger partial charge in [0.1, 0.15) is 0 Å². The molecule has 0 radical (unpaired) electrons. The van der Waals surface area contributed by atoms with Gasteiger partial charge < -0.3 is 5.32 Å². The highest BCUT2D eigenvalue weighted by Crippen LogP contribution is 2.19. The molecule has 2 aromatic carbocycles. The van der Waals surface area contributed by atoms with Gasteiger partial charge in [0.25, 0.3) is 0 Å². The zero-order valence-electron chi connectivity index (χ0n) is 16.0. The average Bonchev–Trinajstić information content (AvgIpc) is 3.35. The summed E-state index contributed by atoms with van der Waals surface area (Å²) in [4.78, 5) is 25.3. The normalized spacial score (nSPS) is 11.1. The minimum Gasteiger partial charge on any atom is -0.326 e. The number of fused-ring (bicyclic) bond motifs is 1. The van der Waals surface area contributed by atoms with E-state index in [1.54, 1.807) is 21.3 Å². The lowest BCUT2D eigenvalue weighted by Gasteiger charge is -2.07. The van der Waals surface area contributed by atoms with Gasteiger partial charge in [0, 0.05) is 30.8 Å². The van der Waals surface area contributed by atoms with E-state index < -0.39 is 0 Å². The highest BCUT2D eigenvalue weighted by atomic mass is 16.2. The number of tetrazole rings is 1. The number of nitrogens with one attached hydrogen (secondary N) is 2. The Morgan fingerprint density at radius 2 is 1.83 bits per heavy atom. The third-order valence-corrected chi connectivity index (χ3v) is 4.68. The Balaban J connectivity index is 1.49. The molecule has 2 heterocycles. The summed E-state index contributed by atoms with van der Waals surface area (Å²) in [6, 6.07) is 14.9. The maximum Gasteiger partial charge on any atom is 0.329 e. The molecule has 0 aliphatic heterocycles. The Bertz CT molecular complexity index is 1190. The van der Waals surface area contributed by atoms with Crippen molar-refractivity contribution in [3.63, 3.8) is 0 Å². The number of aryl methyl sites for hydroxylation is 2. The van der Waals surface area contributed by atoms with Crippen molar-refractivity contribution in [2.45, 2.75) is 32.9 Å². The first kappa shape index (κ1) is 18.6. The van der Waals surface area contributed by atoms with Crippen molar-refractivity contribution in [1.29, 1.82) is 0 Å². The smallest absolute Gasteiger partial charge is 0.326 e. The van der Waals surface area contributed by atoms with E-state index in [1.807, 2.05) is 43.3 Å². The number of benzene rings is 2. The monoisotopic (exact) mass is 391 g/mol. The van der Waals surface area contributed by atoms with Crippen LogP contribution in [0.5, 0.6) is 0 Å². The lowest BCUT2D eigenvalue weighted by atomic mass is 10.2. The molecule has 4 aromatic rings. The number of hydrogen-bond acceptors (Lipinski definition) is 5. The fraction of sp³-hybridized carbons (Fsp3) is 0.250. The summed E-state index contributed by atoms with van der Waals surface area (Å²) < 4.78 is 3.43. The van der Waals surface area contributed by atoms with E-state index in [9.17, 15) is 9.59 Å². The van der Waals surface area contributed by atoms with Crippen LogP contribution >= 0.6 is 0 Å². The first-order valence-electron chi connectivity index (χ1n) is 9.49. The zero-order chi connectivity index (χ0) is 20.2. The van der Waals surface area contributed by atoms with E-state index in [-0.39, 0.29) is 18.0 Å². The third-order valence-electron chi connectivity index (χ3n) is 4.68. The highest BCUT2D eigenvalue weighted by Gasteiger charge is 2.13. The molecule has 29 heavy (non-hydrogen) atoms. The van der Waals surface area contributed by atoms with Crippen molar-refractivity contribution >= 4 is 22.6 Å². The van der Waals surface area contributed by atoms with E-state index >= 15 is 0 Å². The van der Waals surface area contributed by atoms with Gasteiger partial charge in [-0.25, -0.2) is 4.79 Å². The van der Waals surface area contributed by atoms with Gasteiger partial charge in [-0.05, 0) is 35.9 Å². The number of carbonyl (C=O) groups is 1. The Hall–Kier alpha value is -3.75. The van der Waals surface area contributed by atoms with Crippen LogP contribution in [0.3, 0.4) is 0 Å². The number of aromatic nitrogens is 6. The lowest BCUT2D eigenvalue weighted by molar-refractivity contribution is -0.116. The van der Waals surface area contributed by atoms with Crippen LogP contribution in [0.15, 0.2) is 53.3 Å². The Labute approximate surface area is 166 Å². The Morgan fingerprint density at radius 1 is 1.07 bits per heavy atom. The summed E-state index contributed by atoms with van der Waals surface area (Å²) in [5, 5.41) is 16.7. The molecule has 0 fully saturated rings. The number of rotatable bonds is 7. The highest BCUT2D eigenvalue weighted by molar-refractivity contribution is 5.91. The molecule has 148 valence electrons. The number of H-pyrrole nitrogens is 1. The molecule has 2 N–H and O–H groups in total. The molecule has 0 spiro atoms. The second kappa shape index (κ2) is 8.09. The number of amides is 1. The summed E-state index contributed by atoms with van der Waals surface area (Å²) in [5.41, 5.74) is 3.04. The molecule has 0 saturated heterocycles. The van der Waals surface area contributed by atoms with Gasteiger partial charge in [-0.3, -0.25) is 13.9 Å². The van der Waals surface area contributed by atoms with Crippen LogP contribution in [0.2, 0.25) is 0 Å². The van der Waals surface area contributed by atoms with Gasteiger partial charge in [0.2, 0.25) is 11.7 Å². The maximum absolute atomic E-state index is 12.8. The number of hydrogen-bond donors (Lipinski definition) is 2. The van der Waals surface area contributed by atoms with Gasteiger partial charge in [0.05, 0.1) is 11.0 Å². The van der Waals surface area contributed by atoms with Crippen molar-refractivity contribution in [1.82, 2.24) is 29.8 Å². The lowest BCUT2D eigenvalue weighted by Crippen LogP contribution is -2.26. The molecular weight excluding hydrogens is 370 g/mol. The minimum atomic E-state index is -0.172. The molecular formula is C20H21N7O2. The van der Waals surface area contributed by atoms with Crippen LogP contribution in [-0.2, 0) is 17.9 Å². The van der Waals surface area contributed by atoms with Crippen LogP contribution in [0, 0.1) is 0 Å². The van der Waals surface area contributed by atoms with E-state index in [0.29, 0.717) is 24.6 Å². The second-order valence-electron chi connectivity index (χ2n) is 6.69. The van der Waals surface area contributed by atoms with Gasteiger partial charge >= 0.3 is 5.69 Å². The van der Waals surface area contributed by atoms with Crippen LogP contribution in [0.25, 0.3) is 22.4 Å². The van der Waals surface area contributed by atoms with Crippen LogP contribution in [-0.4, -0.2) is 35.7 Å². The molecule has 9 nitrogen and oxygen atoms in total. The van der Waals surface area contributed by atoms with Crippen molar-refractivity contribution in [3.05, 3.63) is 59.0 Å². The molecule has 4 rings (SSSR count). The maximum atomic E-state index is 12.8. The number of para-hydroxylation sites is 2. The summed E-state index contributed by atoms with van der Waals surface area (Å²) in [6.07, 6.45) is 1.05. The van der Waals surface area contributed by atoms with Crippen LogP contribution in [0.4, 0.5) is 5.69 Å². The molecule has 0 saturated carbocycles. The fourth-order valence-corrected chi connectivity index (χ4v) is 3.39. The average molecular weight is 391 g/mol. The topological polar surface area (TPSA) is 110 Å². The minimum absolute atomic E-state index is 0.0834. The number of nitrogens with zero attached hydrogens (tertiary/aromatic N) is 5. The Morgan fingerprint density at radius 3 is 2.52 bits per heavy atom. The van der Waals surface area contributed by atoms with Crippen molar-refractivity contribution in [3.8, 4) is 11.4 Å². The van der Waals surface area contributed by atoms with Crippen molar-refractivity contribution in [2.24, 2.45) is 0 Å². The molecule has 1 amide bonds. The zero-order valence-corrected chi connectivity index (χ0v) is 16.0. The van der Waals surface area contributed by atoms with Gasteiger partial charge in [-0.2, -0.15) is 5.21 Å². The fourth-order valence-electron chi connectivity index (χ4n) is 3.39. The van der Waals surface area contributed by atoms with Gasteiger partial charge in [0.15, 0.2) is 0 Å². The van der Waals surface area contributed by atoms with Crippen molar-refractivity contribution in [2.75, 3.05) is 5.32 Å². The summed E-state index contributed by atoms with van der Waals surface area (Å²) >= 11 is 0. The van der Waals surface area contributed by atoms with E-state index in [4.69, 9.17) is 0 Å². The SMILES string of the molecule is CCCn1c(=O)n(CCC(=O)Nc2cccc(-c3nn[nH]n3)c2)c2ccccc21. The summed E-state index contributed by atoms with van der Waals surface area (Å²) in [5.74, 6) is 0.283. The predicted octanol–water partition coefficient (Wildman–Crippen LogP) is 2.42. The summed E-state index contributed by atoms with van der Waals surface area (Å²) in [7, 11) is 0. The van der Waals surface area contributed by atoms with E-state index in [2.05, 4.69) is 25.9 Å². The van der Waals surface area contributed by atoms with E-state index in [1.165, 1.54) is 0 Å². The number of aromatic amines is 1. The number of carbonyl (C=O) groups excluding carboxylic acids is 1. The number of imidazole rings is 1. The standard InChI is InChI=1S/C20H21N7O2/c1-2-11-26-16-8-3-4-9-17(16)27(20(26)29)12-10-18(28)21-15-7-5-6-14(13-15)19-22-24-25-23-19/h3-9,13H,2,10-12H2,1H3,(H,21,28)(H,22,23,24,25). The largest absolute Gasteiger partial charge is 0.329 e. The third kappa shape index (κ3) is 3.79. The first-order valence-corrected chi connectivity index (χ1v) is 9.49. The molecule has 9 heteroatoms. The Kier molecular flexibility index (Phi) is 5.19. The number of anilines is 1. The summed E-state index contributed by atoms with van der Waals surface area (Å²) in [6.45, 7) is 3.00. The van der Waals surface area contributed by atoms with Crippen molar-refractivity contribution < 1.29 is 4.79 Å². The van der Waals surface area contributed by atoms with Gasteiger partial charge in [-0.15, -0.1) is 10.2 Å². The molecule has 0 aliphatic rings. The molecule has 0 bridgehead atoms. The molecule has 0 atom stereocenters. The van der Waals surface area contributed by atoms with E-state index in [0.717, 1.165) is 23.0 Å². The van der Waals surface area contributed by atoms with Crippen LogP contribution in [0.1, 0.15) is 19.8 Å². The first-order chi connectivity index (χ1) is 14.2. The second-order valence-corrected chi connectivity index (χ2v) is 6.69. The predicted molar refractivity (Wildman–Crippen MR) is 109 cm³/mol. The quantitative estimate of drug-likeness (QED) is 0.503. The molecule has 0 unspecified atom stereocenters. The molecule has 0 aliphatic carbocycles. The molecule has 2 aromatic heterocycles. The van der Waals surface area contributed by atoms with Gasteiger partial charge in [-0.1, -0.05) is 31.2 Å².